The molecule has 0 unspecified atom stereocenters. The van der Waals surface area contributed by atoms with Gasteiger partial charge >= 0.3 is 0 Å². The first kappa shape index (κ1) is 21.4. The van der Waals surface area contributed by atoms with Crippen molar-refractivity contribution in [3.63, 3.8) is 0 Å². The lowest BCUT2D eigenvalue weighted by molar-refractivity contribution is 0.629. The predicted octanol–water partition coefficient (Wildman–Crippen LogP) is 8.61. The van der Waals surface area contributed by atoms with E-state index in [1.54, 1.807) is 12.1 Å². The van der Waals surface area contributed by atoms with Gasteiger partial charge in [-0.15, -0.1) is 0 Å². The van der Waals surface area contributed by atoms with Crippen LogP contribution in [-0.4, -0.2) is 0 Å². The molecule has 0 atom stereocenters. The lowest BCUT2D eigenvalue weighted by Crippen LogP contribution is -1.89. The van der Waals surface area contributed by atoms with Gasteiger partial charge in [-0.05, 0) is 48.2 Å². The summed E-state index contributed by atoms with van der Waals surface area (Å²) in [6, 6.07) is 25.6. The summed E-state index contributed by atoms with van der Waals surface area (Å²) in [6.45, 7) is 8.00. The molecule has 152 valence electrons. The molecule has 4 aromatic rings. The molecule has 0 N–H and O–H groups in total. The molecule has 0 amide bonds. The number of hydrogen-bond acceptors (Lipinski definition) is 0. The normalized spacial score (nSPS) is 10.3. The second-order valence-corrected chi connectivity index (χ2v) is 7.12. The maximum Gasteiger partial charge on any atom is 0.131 e. The van der Waals surface area contributed by atoms with E-state index >= 15 is 0 Å². The third-order valence-electron chi connectivity index (χ3n) is 5.00. The minimum absolute atomic E-state index is 0.315. The smallest absolute Gasteiger partial charge is 0.131 e. The van der Waals surface area contributed by atoms with Crippen molar-refractivity contribution in [2.75, 3.05) is 0 Å². The van der Waals surface area contributed by atoms with Crippen LogP contribution in [0.3, 0.4) is 0 Å². The van der Waals surface area contributed by atoms with Gasteiger partial charge in [0.1, 0.15) is 11.6 Å². The molecule has 0 heterocycles. The third-order valence-corrected chi connectivity index (χ3v) is 5.00. The van der Waals surface area contributed by atoms with E-state index < -0.39 is 0 Å². The molecule has 0 spiro atoms. The van der Waals surface area contributed by atoms with Crippen LogP contribution >= 0.6 is 0 Å². The molecule has 0 aromatic heterocycles. The third kappa shape index (κ3) is 4.65. The highest BCUT2D eigenvalue weighted by Crippen LogP contribution is 2.31. The van der Waals surface area contributed by atoms with E-state index in [-0.39, 0.29) is 11.6 Å². The SMILES string of the molecule is CC.Cc1ccc(-c2ccc(-c3ccc(-c4ccc(C)cc4)c(F)c3)cc2F)cc1. The molecule has 0 aliphatic heterocycles. The number of hydrogen-bond donors (Lipinski definition) is 0. The second-order valence-electron chi connectivity index (χ2n) is 7.12. The van der Waals surface area contributed by atoms with Crippen molar-refractivity contribution in [1.29, 1.82) is 0 Å². The molecular weight excluding hydrogens is 374 g/mol. The first-order chi connectivity index (χ1) is 14.5. The molecule has 4 aromatic carbocycles. The van der Waals surface area contributed by atoms with Crippen LogP contribution in [0.4, 0.5) is 8.78 Å². The zero-order valence-electron chi connectivity index (χ0n) is 17.8. The van der Waals surface area contributed by atoms with Crippen molar-refractivity contribution in [2.45, 2.75) is 27.7 Å². The monoisotopic (exact) mass is 400 g/mol. The van der Waals surface area contributed by atoms with Gasteiger partial charge in [0.15, 0.2) is 0 Å². The Morgan fingerprint density at radius 3 is 1.03 bits per heavy atom. The van der Waals surface area contributed by atoms with Crippen LogP contribution in [0.2, 0.25) is 0 Å². The summed E-state index contributed by atoms with van der Waals surface area (Å²) >= 11 is 0. The Morgan fingerprint density at radius 1 is 0.433 bits per heavy atom. The van der Waals surface area contributed by atoms with Gasteiger partial charge in [0.25, 0.3) is 0 Å². The van der Waals surface area contributed by atoms with Crippen LogP contribution < -0.4 is 0 Å². The Balaban J connectivity index is 0.00000124. The highest BCUT2D eigenvalue weighted by molar-refractivity contribution is 5.74. The first-order valence-corrected chi connectivity index (χ1v) is 10.2. The Morgan fingerprint density at radius 2 is 0.733 bits per heavy atom. The summed E-state index contributed by atoms with van der Waals surface area (Å²) in [5.74, 6) is -0.631. The molecule has 2 heteroatoms. The van der Waals surface area contributed by atoms with Crippen LogP contribution in [0.15, 0.2) is 84.9 Å². The molecule has 0 fully saturated rings. The highest BCUT2D eigenvalue weighted by Gasteiger charge is 2.10. The minimum Gasteiger partial charge on any atom is -0.206 e. The Labute approximate surface area is 177 Å². The van der Waals surface area contributed by atoms with Crippen molar-refractivity contribution < 1.29 is 8.78 Å². The maximum atomic E-state index is 14.7. The van der Waals surface area contributed by atoms with Crippen molar-refractivity contribution in [2.24, 2.45) is 0 Å². The van der Waals surface area contributed by atoms with Gasteiger partial charge in [-0.1, -0.05) is 97.8 Å². The molecule has 0 aliphatic rings. The zero-order valence-corrected chi connectivity index (χ0v) is 17.8. The Bertz CT molecular complexity index is 1030. The minimum atomic E-state index is -0.315. The Hall–Kier alpha value is -3.26. The molecule has 4 rings (SSSR count). The van der Waals surface area contributed by atoms with Crippen molar-refractivity contribution in [3.8, 4) is 33.4 Å². The van der Waals surface area contributed by atoms with Crippen molar-refractivity contribution in [3.05, 3.63) is 108 Å². The largest absolute Gasteiger partial charge is 0.206 e. The Kier molecular flexibility index (Phi) is 6.79. The van der Waals surface area contributed by atoms with E-state index in [0.717, 1.165) is 22.3 Å². The standard InChI is InChI=1S/C26H20F2.C2H6/c1-17-3-7-19(8-4-17)23-13-11-21(15-25(23)27)22-12-14-24(26(28)16-22)20-9-5-18(2)6-10-20;1-2/h3-16H,1-2H3;1-2H3. The van der Waals surface area contributed by atoms with Gasteiger partial charge < -0.3 is 0 Å². The average Bonchev–Trinajstić information content (AvgIpc) is 2.76. The molecular formula is C28H26F2. The van der Waals surface area contributed by atoms with Gasteiger partial charge in [0.2, 0.25) is 0 Å². The number of halogens is 2. The van der Waals surface area contributed by atoms with Crippen LogP contribution in [-0.2, 0) is 0 Å². The molecule has 0 saturated heterocycles. The second kappa shape index (κ2) is 9.49. The van der Waals surface area contributed by atoms with Gasteiger partial charge in [0, 0.05) is 11.1 Å². The van der Waals surface area contributed by atoms with Gasteiger partial charge in [-0.2, -0.15) is 0 Å². The molecule has 0 radical (unpaired) electrons. The van der Waals surface area contributed by atoms with Gasteiger partial charge in [-0.3, -0.25) is 0 Å². The zero-order chi connectivity index (χ0) is 21.7. The predicted molar refractivity (Wildman–Crippen MR) is 123 cm³/mol. The fourth-order valence-electron chi connectivity index (χ4n) is 3.32. The molecule has 30 heavy (non-hydrogen) atoms. The van der Waals surface area contributed by atoms with Crippen molar-refractivity contribution in [1.82, 2.24) is 0 Å². The fourth-order valence-corrected chi connectivity index (χ4v) is 3.32. The molecule has 0 aliphatic carbocycles. The van der Waals surface area contributed by atoms with Gasteiger partial charge in [-0.25, -0.2) is 8.78 Å². The summed E-state index contributed by atoms with van der Waals surface area (Å²) in [7, 11) is 0. The van der Waals surface area contributed by atoms with Crippen LogP contribution in [0.5, 0.6) is 0 Å². The lowest BCUT2D eigenvalue weighted by Gasteiger charge is -2.10. The van der Waals surface area contributed by atoms with E-state index in [0.29, 0.717) is 22.3 Å². The van der Waals surface area contributed by atoms with E-state index in [1.165, 1.54) is 12.1 Å². The van der Waals surface area contributed by atoms with Crippen LogP contribution in [0.25, 0.3) is 33.4 Å². The topological polar surface area (TPSA) is 0 Å². The van der Waals surface area contributed by atoms with E-state index in [4.69, 9.17) is 0 Å². The molecule has 0 bridgehead atoms. The summed E-state index contributed by atoms with van der Waals surface area (Å²) in [5, 5.41) is 0. The van der Waals surface area contributed by atoms with E-state index in [9.17, 15) is 8.78 Å². The average molecular weight is 401 g/mol. The lowest BCUT2D eigenvalue weighted by atomic mass is 9.96. The van der Waals surface area contributed by atoms with Crippen LogP contribution in [0.1, 0.15) is 25.0 Å². The van der Waals surface area contributed by atoms with E-state index in [1.807, 2.05) is 88.4 Å². The number of rotatable bonds is 3. The fraction of sp³-hybridized carbons (Fsp3) is 0.143. The molecule has 0 saturated carbocycles. The summed E-state index contributed by atoms with van der Waals surface area (Å²) in [4.78, 5) is 0. The number of aryl methyl sites for hydroxylation is 2. The van der Waals surface area contributed by atoms with Crippen molar-refractivity contribution >= 4 is 0 Å². The molecule has 0 nitrogen and oxygen atoms in total. The highest BCUT2D eigenvalue weighted by atomic mass is 19.1. The quantitative estimate of drug-likeness (QED) is 0.323. The van der Waals surface area contributed by atoms with Crippen LogP contribution in [0, 0.1) is 25.5 Å². The maximum absolute atomic E-state index is 14.7. The van der Waals surface area contributed by atoms with Gasteiger partial charge in [0.05, 0.1) is 0 Å². The summed E-state index contributed by atoms with van der Waals surface area (Å²) < 4.78 is 29.4. The van der Waals surface area contributed by atoms with E-state index in [2.05, 4.69) is 0 Å². The summed E-state index contributed by atoms with van der Waals surface area (Å²) in [6.07, 6.45) is 0. The summed E-state index contributed by atoms with van der Waals surface area (Å²) in [5.41, 5.74) is 6.31. The first-order valence-electron chi connectivity index (χ1n) is 10.2. The number of benzene rings is 4.